The lowest BCUT2D eigenvalue weighted by molar-refractivity contribution is -0.116. The number of aromatic nitrogens is 2. The third-order valence-corrected chi connectivity index (χ3v) is 3.24. The molecule has 3 N–H and O–H groups in total. The van der Waals surface area contributed by atoms with Gasteiger partial charge >= 0.3 is 0 Å². The van der Waals surface area contributed by atoms with Crippen molar-refractivity contribution in [2.75, 3.05) is 11.1 Å². The van der Waals surface area contributed by atoms with Crippen molar-refractivity contribution in [3.05, 3.63) is 42.2 Å². The number of nitrogens with zero attached hydrogens (tertiary/aromatic N) is 2. The molecule has 0 fully saturated rings. The van der Waals surface area contributed by atoms with Crippen molar-refractivity contribution < 1.29 is 4.79 Å². The maximum Gasteiger partial charge on any atom is 0.225 e. The first-order valence-corrected chi connectivity index (χ1v) is 6.76. The topological polar surface area (TPSA) is 72.9 Å². The highest BCUT2D eigenvalue weighted by molar-refractivity contribution is 5.90. The Kier molecular flexibility index (Phi) is 4.40. The van der Waals surface area contributed by atoms with Gasteiger partial charge in [0.1, 0.15) is 0 Å². The van der Waals surface area contributed by atoms with Crippen LogP contribution in [0.1, 0.15) is 31.7 Å². The van der Waals surface area contributed by atoms with E-state index in [9.17, 15) is 4.79 Å². The highest BCUT2D eigenvalue weighted by Crippen LogP contribution is 2.20. The van der Waals surface area contributed by atoms with E-state index in [0.717, 1.165) is 23.5 Å². The van der Waals surface area contributed by atoms with E-state index in [0.29, 0.717) is 6.42 Å². The molecule has 106 valence electrons. The summed E-state index contributed by atoms with van der Waals surface area (Å²) >= 11 is 0. The fourth-order valence-corrected chi connectivity index (χ4v) is 2.03. The molecule has 1 aromatic carbocycles. The number of nitrogen functional groups attached to an aromatic ring is 1. The number of anilines is 2. The molecule has 5 nitrogen and oxygen atoms in total. The maximum atomic E-state index is 12.0. The number of carbonyl (C=O) groups excluding carboxylic acids is 1. The first-order valence-electron chi connectivity index (χ1n) is 6.76. The Morgan fingerprint density at radius 1 is 1.40 bits per heavy atom. The highest BCUT2D eigenvalue weighted by atomic mass is 16.1. The van der Waals surface area contributed by atoms with Gasteiger partial charge in [-0.25, -0.2) is 0 Å². The van der Waals surface area contributed by atoms with E-state index in [1.54, 1.807) is 10.9 Å². The molecule has 0 radical (unpaired) electrons. The Bertz CT molecular complexity index is 574. The van der Waals surface area contributed by atoms with E-state index in [-0.39, 0.29) is 11.8 Å². The van der Waals surface area contributed by atoms with E-state index in [1.807, 2.05) is 44.3 Å². The zero-order chi connectivity index (χ0) is 14.5. The van der Waals surface area contributed by atoms with Gasteiger partial charge in [0.25, 0.3) is 0 Å². The maximum absolute atomic E-state index is 12.0. The van der Waals surface area contributed by atoms with Gasteiger partial charge in [-0.05, 0) is 30.5 Å². The fourth-order valence-electron chi connectivity index (χ4n) is 2.03. The quantitative estimate of drug-likeness (QED) is 0.822. The molecule has 1 atom stereocenters. The minimum atomic E-state index is -0.00928. The second-order valence-electron chi connectivity index (χ2n) is 4.90. The predicted molar refractivity (Wildman–Crippen MR) is 80.4 cm³/mol. The summed E-state index contributed by atoms with van der Waals surface area (Å²) in [6.07, 6.45) is 3.92. The molecule has 20 heavy (non-hydrogen) atoms. The van der Waals surface area contributed by atoms with Gasteiger partial charge in [-0.1, -0.05) is 19.1 Å². The number of amides is 1. The van der Waals surface area contributed by atoms with Gasteiger partial charge < -0.3 is 11.1 Å². The van der Waals surface area contributed by atoms with E-state index >= 15 is 0 Å². The van der Waals surface area contributed by atoms with Gasteiger partial charge in [0.05, 0.1) is 11.9 Å². The summed E-state index contributed by atoms with van der Waals surface area (Å²) in [4.78, 5) is 12.0. The summed E-state index contributed by atoms with van der Waals surface area (Å²) in [5.74, 6) is 0.141. The van der Waals surface area contributed by atoms with Crippen LogP contribution in [0.2, 0.25) is 0 Å². The van der Waals surface area contributed by atoms with Crippen LogP contribution in [0.15, 0.2) is 36.7 Å². The lowest BCUT2D eigenvalue weighted by Gasteiger charge is -2.11. The molecule has 1 aromatic heterocycles. The van der Waals surface area contributed by atoms with Crippen molar-refractivity contribution in [3.8, 4) is 0 Å². The van der Waals surface area contributed by atoms with Crippen LogP contribution in [-0.4, -0.2) is 15.7 Å². The Labute approximate surface area is 118 Å². The zero-order valence-corrected chi connectivity index (χ0v) is 11.8. The van der Waals surface area contributed by atoms with Crippen molar-refractivity contribution >= 4 is 17.3 Å². The largest absolute Gasteiger partial charge is 0.399 e. The van der Waals surface area contributed by atoms with Crippen molar-refractivity contribution in [1.29, 1.82) is 0 Å². The summed E-state index contributed by atoms with van der Waals surface area (Å²) in [5, 5.41) is 6.98. The number of carbonyl (C=O) groups is 1. The Balaban J connectivity index is 1.92. The molecule has 2 rings (SSSR count). The Morgan fingerprint density at radius 2 is 2.10 bits per heavy atom. The van der Waals surface area contributed by atoms with Gasteiger partial charge in [-0.2, -0.15) is 5.10 Å². The summed E-state index contributed by atoms with van der Waals surface area (Å²) < 4.78 is 1.78. The highest BCUT2D eigenvalue weighted by Gasteiger charge is 2.12. The molecule has 1 heterocycles. The van der Waals surface area contributed by atoms with Gasteiger partial charge in [-0.3, -0.25) is 9.48 Å². The molecule has 0 spiro atoms. The average molecular weight is 272 g/mol. The molecule has 0 bridgehead atoms. The third-order valence-electron chi connectivity index (χ3n) is 3.24. The van der Waals surface area contributed by atoms with Gasteiger partial charge in [0.2, 0.25) is 5.91 Å². The minimum absolute atomic E-state index is 0.00928. The summed E-state index contributed by atoms with van der Waals surface area (Å²) in [7, 11) is 0. The lowest BCUT2D eigenvalue weighted by atomic mass is 9.97. The van der Waals surface area contributed by atoms with E-state index in [4.69, 9.17) is 5.73 Å². The first kappa shape index (κ1) is 14.1. The van der Waals surface area contributed by atoms with Crippen LogP contribution >= 0.6 is 0 Å². The number of aryl methyl sites for hydroxylation is 1. The average Bonchev–Trinajstić information content (AvgIpc) is 2.86. The summed E-state index contributed by atoms with van der Waals surface area (Å²) in [5.41, 5.74) is 8.24. The lowest BCUT2D eigenvalue weighted by Crippen LogP contribution is -2.14. The molecule has 0 aliphatic rings. The van der Waals surface area contributed by atoms with Crippen LogP contribution in [-0.2, 0) is 11.3 Å². The SMILES string of the molecule is CCn1cc(NC(=O)CC(C)c2ccc(N)cc2)cn1. The molecule has 1 amide bonds. The molecule has 0 saturated carbocycles. The first-order chi connectivity index (χ1) is 9.58. The van der Waals surface area contributed by atoms with Crippen molar-refractivity contribution in [2.45, 2.75) is 32.7 Å². The molecular weight excluding hydrogens is 252 g/mol. The number of rotatable bonds is 5. The van der Waals surface area contributed by atoms with E-state index in [1.165, 1.54) is 0 Å². The standard InChI is InChI=1S/C15H20N4O/c1-3-19-10-14(9-17-19)18-15(20)8-11(2)12-4-6-13(16)7-5-12/h4-7,9-11H,3,8,16H2,1-2H3,(H,18,20). The van der Waals surface area contributed by atoms with Crippen LogP contribution in [0, 0.1) is 0 Å². The van der Waals surface area contributed by atoms with Crippen LogP contribution < -0.4 is 11.1 Å². The normalized spacial score (nSPS) is 12.1. The molecule has 1 unspecified atom stereocenters. The molecule has 5 heteroatoms. The molecular formula is C15H20N4O. The van der Waals surface area contributed by atoms with Crippen LogP contribution in [0.5, 0.6) is 0 Å². The van der Waals surface area contributed by atoms with Crippen molar-refractivity contribution in [1.82, 2.24) is 9.78 Å². The van der Waals surface area contributed by atoms with Gasteiger partial charge in [0.15, 0.2) is 0 Å². The molecule has 0 saturated heterocycles. The third kappa shape index (κ3) is 3.60. The van der Waals surface area contributed by atoms with E-state index in [2.05, 4.69) is 10.4 Å². The Hall–Kier alpha value is -2.30. The van der Waals surface area contributed by atoms with Gasteiger partial charge in [-0.15, -0.1) is 0 Å². The van der Waals surface area contributed by atoms with Crippen LogP contribution in [0.3, 0.4) is 0 Å². The smallest absolute Gasteiger partial charge is 0.225 e. The van der Waals surface area contributed by atoms with Gasteiger partial charge in [0, 0.05) is 24.8 Å². The fraction of sp³-hybridized carbons (Fsp3) is 0.333. The van der Waals surface area contributed by atoms with Crippen LogP contribution in [0.25, 0.3) is 0 Å². The number of hydrogen-bond acceptors (Lipinski definition) is 3. The van der Waals surface area contributed by atoms with Crippen LogP contribution in [0.4, 0.5) is 11.4 Å². The summed E-state index contributed by atoms with van der Waals surface area (Å²) in [6, 6.07) is 7.63. The number of hydrogen-bond donors (Lipinski definition) is 2. The Morgan fingerprint density at radius 3 is 2.70 bits per heavy atom. The number of benzene rings is 1. The van der Waals surface area contributed by atoms with Crippen molar-refractivity contribution in [2.24, 2.45) is 0 Å². The molecule has 0 aliphatic carbocycles. The number of nitrogens with two attached hydrogens (primary N) is 1. The number of nitrogens with one attached hydrogen (secondary N) is 1. The second kappa shape index (κ2) is 6.23. The van der Waals surface area contributed by atoms with E-state index < -0.39 is 0 Å². The molecule has 0 aliphatic heterocycles. The van der Waals surface area contributed by atoms with Crippen molar-refractivity contribution in [3.63, 3.8) is 0 Å². The predicted octanol–water partition coefficient (Wildman–Crippen LogP) is 2.62. The molecule has 2 aromatic rings. The minimum Gasteiger partial charge on any atom is -0.399 e. The zero-order valence-electron chi connectivity index (χ0n) is 11.8. The monoisotopic (exact) mass is 272 g/mol. The summed E-state index contributed by atoms with van der Waals surface area (Å²) in [6.45, 7) is 4.82. The second-order valence-corrected chi connectivity index (χ2v) is 4.90.